The summed E-state index contributed by atoms with van der Waals surface area (Å²) in [5.74, 6) is 0.533. The van der Waals surface area contributed by atoms with E-state index in [-0.39, 0.29) is 5.91 Å². The van der Waals surface area contributed by atoms with Crippen molar-refractivity contribution in [2.24, 2.45) is 0 Å². The van der Waals surface area contributed by atoms with Crippen LogP contribution in [0.2, 0.25) is 10.0 Å². The Morgan fingerprint density at radius 1 is 1.12 bits per heavy atom. The van der Waals surface area contributed by atoms with E-state index in [1.165, 1.54) is 0 Å². The summed E-state index contributed by atoms with van der Waals surface area (Å²) in [6.45, 7) is 4.80. The molecule has 0 aromatic heterocycles. The number of hydrazine groups is 1. The average Bonchev–Trinajstić information content (AvgIpc) is 2.59. The van der Waals surface area contributed by atoms with E-state index in [1.54, 1.807) is 36.4 Å². The molecule has 0 atom stereocenters. The Morgan fingerprint density at radius 3 is 2.60 bits per heavy atom. The molecule has 0 spiro atoms. The van der Waals surface area contributed by atoms with Gasteiger partial charge in [-0.2, -0.15) is 0 Å². The molecule has 0 fully saturated rings. The van der Waals surface area contributed by atoms with Gasteiger partial charge < -0.3 is 9.47 Å². The van der Waals surface area contributed by atoms with Crippen LogP contribution in [-0.4, -0.2) is 19.1 Å². The first kappa shape index (κ1) is 19.2. The van der Waals surface area contributed by atoms with Gasteiger partial charge in [0.05, 0.1) is 23.9 Å². The van der Waals surface area contributed by atoms with Crippen molar-refractivity contribution in [2.75, 3.05) is 18.6 Å². The molecule has 0 saturated heterocycles. The van der Waals surface area contributed by atoms with Crippen molar-refractivity contribution in [1.82, 2.24) is 5.43 Å². The molecule has 5 nitrogen and oxygen atoms in total. The summed E-state index contributed by atoms with van der Waals surface area (Å²) in [6.07, 6.45) is 0.841. The van der Waals surface area contributed by atoms with Gasteiger partial charge in [-0.05, 0) is 43.7 Å². The highest BCUT2D eigenvalue weighted by molar-refractivity contribution is 6.32. The van der Waals surface area contributed by atoms with Gasteiger partial charge >= 0.3 is 0 Å². The van der Waals surface area contributed by atoms with E-state index >= 15 is 0 Å². The van der Waals surface area contributed by atoms with Crippen molar-refractivity contribution >= 4 is 34.8 Å². The van der Waals surface area contributed by atoms with Gasteiger partial charge in [0.1, 0.15) is 0 Å². The number of ether oxygens (including phenoxy) is 2. The van der Waals surface area contributed by atoms with Crippen molar-refractivity contribution in [1.29, 1.82) is 0 Å². The molecular formula is C18H20Cl2N2O3. The summed E-state index contributed by atoms with van der Waals surface area (Å²) in [5, 5.41) is 0.894. The number of amides is 1. The summed E-state index contributed by atoms with van der Waals surface area (Å²) in [6, 6.07) is 10.2. The second-order valence-electron chi connectivity index (χ2n) is 5.16. The van der Waals surface area contributed by atoms with Gasteiger partial charge in [-0.3, -0.25) is 15.6 Å². The van der Waals surface area contributed by atoms with Gasteiger partial charge in [-0.1, -0.05) is 36.2 Å². The summed E-state index contributed by atoms with van der Waals surface area (Å²) >= 11 is 12.2. The molecular weight excluding hydrogens is 363 g/mol. The molecule has 0 unspecified atom stereocenters. The molecule has 0 aliphatic carbocycles. The van der Waals surface area contributed by atoms with E-state index in [1.807, 2.05) is 13.8 Å². The van der Waals surface area contributed by atoms with Crippen LogP contribution in [0.4, 0.5) is 5.69 Å². The lowest BCUT2D eigenvalue weighted by atomic mass is 10.2. The number of anilines is 1. The topological polar surface area (TPSA) is 59.6 Å². The molecule has 0 bridgehead atoms. The normalized spacial score (nSPS) is 10.2. The Morgan fingerprint density at radius 2 is 1.92 bits per heavy atom. The largest absolute Gasteiger partial charge is 0.490 e. The number of rotatable bonds is 8. The third-order valence-electron chi connectivity index (χ3n) is 3.17. The highest BCUT2D eigenvalue weighted by atomic mass is 35.5. The summed E-state index contributed by atoms with van der Waals surface area (Å²) in [4.78, 5) is 12.4. The SMILES string of the molecule is CCCOc1c(Cl)cc(C(=O)NNc2cccc(Cl)c2)cc1OCC. The maximum absolute atomic E-state index is 12.4. The highest BCUT2D eigenvalue weighted by Crippen LogP contribution is 2.36. The summed E-state index contributed by atoms with van der Waals surface area (Å²) in [5.41, 5.74) is 6.42. The Balaban J connectivity index is 2.15. The fraction of sp³-hybridized carbons (Fsp3) is 0.278. The molecule has 2 N–H and O–H groups in total. The molecule has 0 saturated carbocycles. The standard InChI is InChI=1S/C18H20Cl2N2O3/c1-3-8-25-17-15(20)9-12(10-16(17)24-4-2)18(23)22-21-14-7-5-6-13(19)11-14/h5-7,9-11,21H,3-4,8H2,1-2H3,(H,22,23). The maximum Gasteiger partial charge on any atom is 0.269 e. The van der Waals surface area contributed by atoms with E-state index < -0.39 is 0 Å². The van der Waals surface area contributed by atoms with Crippen molar-refractivity contribution in [3.05, 3.63) is 52.0 Å². The Labute approximate surface area is 157 Å². The fourth-order valence-electron chi connectivity index (χ4n) is 2.07. The van der Waals surface area contributed by atoms with Crippen molar-refractivity contribution in [3.8, 4) is 11.5 Å². The van der Waals surface area contributed by atoms with E-state index in [0.717, 1.165) is 6.42 Å². The molecule has 1 amide bonds. The lowest BCUT2D eigenvalue weighted by Crippen LogP contribution is -2.29. The van der Waals surface area contributed by atoms with E-state index in [9.17, 15) is 4.79 Å². The molecule has 2 aromatic carbocycles. The summed E-state index contributed by atoms with van der Waals surface area (Å²) < 4.78 is 11.2. The van der Waals surface area contributed by atoms with Gasteiger partial charge in [-0.15, -0.1) is 0 Å². The Bertz CT molecular complexity index is 738. The first-order valence-corrected chi connectivity index (χ1v) is 8.71. The Hall–Kier alpha value is -2.11. The van der Waals surface area contributed by atoms with Crippen LogP contribution < -0.4 is 20.3 Å². The first-order valence-electron chi connectivity index (χ1n) is 7.96. The molecule has 2 rings (SSSR count). The number of halogens is 2. The molecule has 134 valence electrons. The van der Waals surface area contributed by atoms with Crippen LogP contribution in [0.15, 0.2) is 36.4 Å². The average molecular weight is 383 g/mol. The van der Waals surface area contributed by atoms with E-state index in [0.29, 0.717) is 46.0 Å². The zero-order valence-corrected chi connectivity index (χ0v) is 15.6. The van der Waals surface area contributed by atoms with Crippen molar-refractivity contribution in [3.63, 3.8) is 0 Å². The van der Waals surface area contributed by atoms with E-state index in [2.05, 4.69) is 10.9 Å². The minimum atomic E-state index is -0.357. The second-order valence-corrected chi connectivity index (χ2v) is 6.00. The maximum atomic E-state index is 12.4. The minimum absolute atomic E-state index is 0.326. The first-order chi connectivity index (χ1) is 12.0. The number of benzene rings is 2. The van der Waals surface area contributed by atoms with Gasteiger partial charge in [-0.25, -0.2) is 0 Å². The zero-order chi connectivity index (χ0) is 18.2. The lowest BCUT2D eigenvalue weighted by Gasteiger charge is -2.15. The fourth-order valence-corrected chi connectivity index (χ4v) is 2.53. The van der Waals surface area contributed by atoms with Crippen LogP contribution in [0.1, 0.15) is 30.6 Å². The quantitative estimate of drug-likeness (QED) is 0.634. The number of hydrogen-bond donors (Lipinski definition) is 2. The van der Waals surface area contributed by atoms with E-state index in [4.69, 9.17) is 32.7 Å². The number of carbonyl (C=O) groups excluding carboxylic acids is 1. The third-order valence-corrected chi connectivity index (χ3v) is 3.68. The molecule has 0 radical (unpaired) electrons. The molecule has 25 heavy (non-hydrogen) atoms. The van der Waals surface area contributed by atoms with Gasteiger partial charge in [0, 0.05) is 10.6 Å². The monoisotopic (exact) mass is 382 g/mol. The Kier molecular flexibility index (Phi) is 7.22. The lowest BCUT2D eigenvalue weighted by molar-refractivity contribution is 0.0962. The van der Waals surface area contributed by atoms with Gasteiger partial charge in [0.2, 0.25) is 0 Å². The van der Waals surface area contributed by atoms with Crippen LogP contribution >= 0.6 is 23.2 Å². The van der Waals surface area contributed by atoms with Crippen molar-refractivity contribution < 1.29 is 14.3 Å². The number of hydrogen-bond acceptors (Lipinski definition) is 4. The smallest absolute Gasteiger partial charge is 0.269 e. The molecule has 0 heterocycles. The van der Waals surface area contributed by atoms with Crippen LogP contribution in [0.25, 0.3) is 0 Å². The molecule has 0 aliphatic heterocycles. The predicted molar refractivity (Wildman–Crippen MR) is 101 cm³/mol. The van der Waals surface area contributed by atoms with Crippen LogP contribution in [0, 0.1) is 0 Å². The van der Waals surface area contributed by atoms with Crippen LogP contribution in [-0.2, 0) is 0 Å². The van der Waals surface area contributed by atoms with Gasteiger partial charge in [0.25, 0.3) is 5.91 Å². The van der Waals surface area contributed by atoms with Gasteiger partial charge in [0.15, 0.2) is 11.5 Å². The molecule has 2 aromatic rings. The molecule has 7 heteroatoms. The third kappa shape index (κ3) is 5.44. The highest BCUT2D eigenvalue weighted by Gasteiger charge is 2.16. The minimum Gasteiger partial charge on any atom is -0.490 e. The number of nitrogens with one attached hydrogen (secondary N) is 2. The zero-order valence-electron chi connectivity index (χ0n) is 14.1. The van der Waals surface area contributed by atoms with Crippen LogP contribution in [0.3, 0.4) is 0 Å². The molecule has 0 aliphatic rings. The van der Waals surface area contributed by atoms with Crippen molar-refractivity contribution in [2.45, 2.75) is 20.3 Å². The number of carbonyl (C=O) groups is 1. The second kappa shape index (κ2) is 9.39. The summed E-state index contributed by atoms with van der Waals surface area (Å²) in [7, 11) is 0. The van der Waals surface area contributed by atoms with Crippen LogP contribution in [0.5, 0.6) is 11.5 Å². The predicted octanol–water partition coefficient (Wildman–Crippen LogP) is 4.94.